The van der Waals surface area contributed by atoms with Crippen LogP contribution < -0.4 is 15.4 Å². The number of ether oxygens (including phenoxy) is 1. The van der Waals surface area contributed by atoms with Crippen LogP contribution in [0, 0.1) is 0 Å². The zero-order valence-corrected chi connectivity index (χ0v) is 18.2. The summed E-state index contributed by atoms with van der Waals surface area (Å²) in [4.78, 5) is 17.3. The van der Waals surface area contributed by atoms with E-state index in [-0.39, 0.29) is 5.91 Å². The van der Waals surface area contributed by atoms with Crippen molar-refractivity contribution in [3.05, 3.63) is 89.3 Å². The lowest BCUT2D eigenvalue weighted by molar-refractivity contribution is 0.102. The van der Waals surface area contributed by atoms with Crippen molar-refractivity contribution in [3.63, 3.8) is 0 Å². The largest absolute Gasteiger partial charge is 0.497 e. The Morgan fingerprint density at radius 2 is 1.77 bits per heavy atom. The Morgan fingerprint density at radius 3 is 2.55 bits per heavy atom. The number of aryl methyl sites for hydroxylation is 1. The van der Waals surface area contributed by atoms with Gasteiger partial charge in [-0.25, -0.2) is 4.98 Å². The number of carbonyl (C=O) groups is 1. The minimum absolute atomic E-state index is 0.126. The third-order valence-electron chi connectivity index (χ3n) is 4.87. The van der Waals surface area contributed by atoms with E-state index in [9.17, 15) is 4.79 Å². The maximum absolute atomic E-state index is 12.6. The van der Waals surface area contributed by atoms with Crippen LogP contribution in [0.15, 0.2) is 78.2 Å². The highest BCUT2D eigenvalue weighted by atomic mass is 32.1. The van der Waals surface area contributed by atoms with Gasteiger partial charge in [-0.15, -0.1) is 11.3 Å². The quantitative estimate of drug-likeness (QED) is 0.358. The number of nitrogens with zero attached hydrogens (tertiary/aromatic N) is 1. The molecule has 0 atom stereocenters. The van der Waals surface area contributed by atoms with E-state index in [1.165, 1.54) is 16.9 Å². The van der Waals surface area contributed by atoms with Gasteiger partial charge in [0.2, 0.25) is 0 Å². The van der Waals surface area contributed by atoms with E-state index in [0.29, 0.717) is 5.56 Å². The Morgan fingerprint density at radius 1 is 1.00 bits per heavy atom. The molecule has 4 rings (SSSR count). The van der Waals surface area contributed by atoms with Gasteiger partial charge in [0.1, 0.15) is 5.75 Å². The van der Waals surface area contributed by atoms with Gasteiger partial charge in [0.15, 0.2) is 5.13 Å². The molecule has 0 aliphatic carbocycles. The molecular weight excluding hydrogens is 406 g/mol. The highest BCUT2D eigenvalue weighted by molar-refractivity contribution is 7.14. The molecule has 0 saturated heterocycles. The lowest BCUT2D eigenvalue weighted by atomic mass is 10.1. The molecule has 1 aromatic heterocycles. The first-order valence-electron chi connectivity index (χ1n) is 10.0. The Labute approximate surface area is 185 Å². The summed E-state index contributed by atoms with van der Waals surface area (Å²) in [6, 6.07) is 23.1. The van der Waals surface area contributed by atoms with Crippen LogP contribution in [0.5, 0.6) is 5.75 Å². The number of hydrogen-bond donors (Lipinski definition) is 2. The number of aromatic nitrogens is 1. The van der Waals surface area contributed by atoms with Crippen molar-refractivity contribution in [1.29, 1.82) is 0 Å². The fourth-order valence-electron chi connectivity index (χ4n) is 3.14. The zero-order chi connectivity index (χ0) is 21.6. The maximum Gasteiger partial charge on any atom is 0.255 e. The molecule has 0 spiro atoms. The molecule has 0 unspecified atom stereocenters. The lowest BCUT2D eigenvalue weighted by Gasteiger charge is -2.07. The molecule has 156 valence electrons. The number of thiazole rings is 1. The minimum atomic E-state index is -0.126. The second kappa shape index (κ2) is 9.45. The van der Waals surface area contributed by atoms with Crippen molar-refractivity contribution in [3.8, 4) is 17.0 Å². The molecule has 0 bridgehead atoms. The van der Waals surface area contributed by atoms with Gasteiger partial charge >= 0.3 is 0 Å². The number of carbonyl (C=O) groups excluding carboxylic acids is 1. The van der Waals surface area contributed by atoms with Crippen LogP contribution in [-0.4, -0.2) is 18.0 Å². The van der Waals surface area contributed by atoms with Gasteiger partial charge < -0.3 is 15.4 Å². The smallest absolute Gasteiger partial charge is 0.255 e. The molecular formula is C25H23N3O2S. The third-order valence-corrected chi connectivity index (χ3v) is 5.62. The van der Waals surface area contributed by atoms with Crippen LogP contribution in [0.2, 0.25) is 0 Å². The Bertz CT molecular complexity index is 1190. The SMILES string of the molecule is CCc1ccc(C(=O)Nc2cccc(-c3csc(Nc4cccc(OC)c4)n3)c2)cc1. The molecule has 5 nitrogen and oxygen atoms in total. The Hall–Kier alpha value is -3.64. The van der Waals surface area contributed by atoms with Crippen LogP contribution in [0.1, 0.15) is 22.8 Å². The van der Waals surface area contributed by atoms with Crippen LogP contribution in [0.4, 0.5) is 16.5 Å². The van der Waals surface area contributed by atoms with Crippen molar-refractivity contribution in [2.75, 3.05) is 17.7 Å². The average Bonchev–Trinajstić information content (AvgIpc) is 3.28. The van der Waals surface area contributed by atoms with Crippen molar-refractivity contribution in [2.45, 2.75) is 13.3 Å². The molecule has 0 radical (unpaired) electrons. The lowest BCUT2D eigenvalue weighted by Crippen LogP contribution is -2.11. The number of anilines is 3. The summed E-state index contributed by atoms with van der Waals surface area (Å²) in [7, 11) is 1.65. The van der Waals surface area contributed by atoms with Gasteiger partial charge in [0.05, 0.1) is 12.8 Å². The van der Waals surface area contributed by atoms with Crippen molar-refractivity contribution < 1.29 is 9.53 Å². The molecule has 4 aromatic rings. The van der Waals surface area contributed by atoms with Crippen LogP contribution in [0.3, 0.4) is 0 Å². The van der Waals surface area contributed by atoms with E-state index < -0.39 is 0 Å². The average molecular weight is 430 g/mol. The van der Waals surface area contributed by atoms with E-state index in [1.54, 1.807) is 7.11 Å². The first-order valence-corrected chi connectivity index (χ1v) is 10.9. The highest BCUT2D eigenvalue weighted by Gasteiger charge is 2.09. The van der Waals surface area contributed by atoms with E-state index in [1.807, 2.05) is 78.2 Å². The fourth-order valence-corrected chi connectivity index (χ4v) is 3.88. The molecule has 0 aliphatic rings. The van der Waals surface area contributed by atoms with Crippen LogP contribution in [0.25, 0.3) is 11.3 Å². The fraction of sp³-hybridized carbons (Fsp3) is 0.120. The summed E-state index contributed by atoms with van der Waals surface area (Å²) < 4.78 is 5.26. The third kappa shape index (κ3) is 5.10. The minimum Gasteiger partial charge on any atom is -0.497 e. The number of amides is 1. The molecule has 6 heteroatoms. The Balaban J connectivity index is 1.47. The first kappa shape index (κ1) is 20.6. The van der Waals surface area contributed by atoms with Gasteiger partial charge in [-0.2, -0.15) is 0 Å². The Kier molecular flexibility index (Phi) is 6.29. The van der Waals surface area contributed by atoms with Gasteiger partial charge in [-0.3, -0.25) is 4.79 Å². The summed E-state index contributed by atoms with van der Waals surface area (Å²) in [6.07, 6.45) is 0.951. The van der Waals surface area contributed by atoms with Gasteiger partial charge in [-0.05, 0) is 48.4 Å². The van der Waals surface area contributed by atoms with Gasteiger partial charge in [0.25, 0.3) is 5.91 Å². The van der Waals surface area contributed by atoms with E-state index in [0.717, 1.165) is 39.9 Å². The topological polar surface area (TPSA) is 63.2 Å². The van der Waals surface area contributed by atoms with Crippen molar-refractivity contribution in [1.82, 2.24) is 4.98 Å². The summed E-state index contributed by atoms with van der Waals surface area (Å²) in [6.45, 7) is 2.09. The second-order valence-corrected chi connectivity index (χ2v) is 7.84. The summed E-state index contributed by atoms with van der Waals surface area (Å²) in [5, 5.41) is 9.06. The molecule has 1 heterocycles. The number of rotatable bonds is 7. The van der Waals surface area contributed by atoms with Gasteiger partial charge in [-0.1, -0.05) is 37.3 Å². The molecule has 0 saturated carbocycles. The molecule has 31 heavy (non-hydrogen) atoms. The van der Waals surface area contributed by atoms with Crippen molar-refractivity contribution >= 4 is 33.8 Å². The normalized spacial score (nSPS) is 10.5. The zero-order valence-electron chi connectivity index (χ0n) is 17.4. The predicted octanol–water partition coefficient (Wildman–Crippen LogP) is 6.38. The summed E-state index contributed by atoms with van der Waals surface area (Å²) in [5.74, 6) is 0.660. The highest BCUT2D eigenvalue weighted by Crippen LogP contribution is 2.29. The van der Waals surface area contributed by atoms with E-state index in [2.05, 4.69) is 22.5 Å². The van der Waals surface area contributed by atoms with Crippen LogP contribution >= 0.6 is 11.3 Å². The second-order valence-electron chi connectivity index (χ2n) is 6.98. The standard InChI is InChI=1S/C25H23N3O2S/c1-3-17-10-12-18(13-11-17)24(29)26-20-7-4-6-19(14-20)23-16-31-25(28-23)27-21-8-5-9-22(15-21)30-2/h4-16H,3H2,1-2H3,(H,26,29)(H,27,28). The summed E-state index contributed by atoms with van der Waals surface area (Å²) >= 11 is 1.52. The molecule has 0 aliphatic heterocycles. The van der Waals surface area contributed by atoms with E-state index >= 15 is 0 Å². The molecule has 0 fully saturated rings. The van der Waals surface area contributed by atoms with Gasteiger partial charge in [0, 0.05) is 33.9 Å². The van der Waals surface area contributed by atoms with Crippen LogP contribution in [-0.2, 0) is 6.42 Å². The molecule has 3 aromatic carbocycles. The number of hydrogen-bond acceptors (Lipinski definition) is 5. The number of nitrogens with one attached hydrogen (secondary N) is 2. The van der Waals surface area contributed by atoms with Crippen molar-refractivity contribution in [2.24, 2.45) is 0 Å². The summed E-state index contributed by atoms with van der Waals surface area (Å²) in [5.41, 5.74) is 5.28. The maximum atomic E-state index is 12.6. The number of methoxy groups -OCH3 is 1. The molecule has 2 N–H and O–H groups in total. The molecule has 1 amide bonds. The number of benzene rings is 3. The monoisotopic (exact) mass is 429 g/mol. The van der Waals surface area contributed by atoms with E-state index in [4.69, 9.17) is 4.74 Å². The predicted molar refractivity (Wildman–Crippen MR) is 128 cm³/mol. The first-order chi connectivity index (χ1) is 15.1.